The molecular weight excluding hydrogens is 383 g/mol. The number of fused-ring (bicyclic) bond motifs is 1. The van der Waals surface area contributed by atoms with Crippen LogP contribution in [0.2, 0.25) is 5.02 Å². The number of carbonyl (C=O) groups is 1. The highest BCUT2D eigenvalue weighted by Gasteiger charge is 2.38. The number of carbonyl (C=O) groups excluding carboxylic acids is 1. The number of hydrogen-bond acceptors (Lipinski definition) is 4. The van der Waals surface area contributed by atoms with Gasteiger partial charge >= 0.3 is 12.1 Å². The van der Waals surface area contributed by atoms with Crippen molar-refractivity contribution in [1.82, 2.24) is 14.7 Å². The lowest BCUT2D eigenvalue weighted by Gasteiger charge is -2.05. The molecule has 2 aromatic heterocycles. The summed E-state index contributed by atoms with van der Waals surface area (Å²) in [7, 11) is 0. The molecule has 27 heavy (non-hydrogen) atoms. The van der Waals surface area contributed by atoms with E-state index in [1.807, 2.05) is 0 Å². The van der Waals surface area contributed by atoms with Crippen molar-refractivity contribution >= 4 is 28.4 Å². The van der Waals surface area contributed by atoms with Gasteiger partial charge in [-0.05, 0) is 36.4 Å². The second-order valence-corrected chi connectivity index (χ2v) is 6.13. The van der Waals surface area contributed by atoms with Gasteiger partial charge in [0.05, 0.1) is 5.52 Å². The van der Waals surface area contributed by atoms with Crippen LogP contribution in [0.5, 0.6) is 0 Å². The molecule has 4 aromatic rings. The molecule has 4 rings (SSSR count). The zero-order valence-electron chi connectivity index (χ0n) is 13.4. The Morgan fingerprint density at radius 1 is 1.07 bits per heavy atom. The van der Waals surface area contributed by atoms with Crippen LogP contribution in [0.4, 0.5) is 13.2 Å². The van der Waals surface area contributed by atoms with Gasteiger partial charge in [-0.25, -0.2) is 0 Å². The normalized spacial score (nSPS) is 11.9. The van der Waals surface area contributed by atoms with Crippen LogP contribution in [-0.4, -0.2) is 20.6 Å². The van der Waals surface area contributed by atoms with Gasteiger partial charge in [-0.3, -0.25) is 9.36 Å². The van der Waals surface area contributed by atoms with Crippen molar-refractivity contribution in [3.05, 3.63) is 71.2 Å². The molecule has 0 aliphatic heterocycles. The third kappa shape index (κ3) is 3.19. The quantitative estimate of drug-likeness (QED) is 0.479. The monoisotopic (exact) mass is 391 g/mol. The predicted octanol–water partition coefficient (Wildman–Crippen LogP) is 5.05. The molecule has 0 N–H and O–H groups in total. The highest BCUT2D eigenvalue weighted by atomic mass is 35.5. The lowest BCUT2D eigenvalue weighted by molar-refractivity contribution is -0.159. The van der Waals surface area contributed by atoms with Gasteiger partial charge in [0.15, 0.2) is 0 Å². The van der Waals surface area contributed by atoms with E-state index in [1.54, 1.807) is 48.7 Å². The summed E-state index contributed by atoms with van der Waals surface area (Å²) in [5.41, 5.74) is 1.22. The van der Waals surface area contributed by atoms with Crippen LogP contribution >= 0.6 is 11.6 Å². The van der Waals surface area contributed by atoms with E-state index in [0.717, 1.165) is 5.39 Å². The van der Waals surface area contributed by atoms with Crippen molar-refractivity contribution in [2.24, 2.45) is 0 Å². The molecule has 2 aromatic carbocycles. The number of hydrogen-bond donors (Lipinski definition) is 0. The smallest absolute Gasteiger partial charge is 0.329 e. The highest BCUT2D eigenvalue weighted by molar-refractivity contribution is 6.30. The van der Waals surface area contributed by atoms with Crippen LogP contribution in [-0.2, 0) is 6.18 Å². The molecule has 0 aliphatic rings. The van der Waals surface area contributed by atoms with E-state index in [9.17, 15) is 18.0 Å². The minimum atomic E-state index is -4.72. The molecule has 2 heterocycles. The van der Waals surface area contributed by atoms with Crippen molar-refractivity contribution < 1.29 is 22.5 Å². The Bertz CT molecular complexity index is 1150. The summed E-state index contributed by atoms with van der Waals surface area (Å²) in [5.74, 6) is -1.94. The van der Waals surface area contributed by atoms with E-state index in [2.05, 4.69) is 14.7 Å². The second kappa shape index (κ2) is 6.24. The summed E-state index contributed by atoms with van der Waals surface area (Å²) in [6.45, 7) is 0. The van der Waals surface area contributed by atoms with E-state index >= 15 is 0 Å². The van der Waals surface area contributed by atoms with Gasteiger partial charge in [-0.1, -0.05) is 28.9 Å². The average Bonchev–Trinajstić information content (AvgIpc) is 3.28. The molecule has 136 valence electrons. The Hall–Kier alpha value is -3.13. The first-order chi connectivity index (χ1) is 12.8. The van der Waals surface area contributed by atoms with Gasteiger partial charge in [-0.15, -0.1) is 0 Å². The Morgan fingerprint density at radius 2 is 1.81 bits per heavy atom. The van der Waals surface area contributed by atoms with Gasteiger partial charge < -0.3 is 4.52 Å². The maximum absolute atomic E-state index is 12.7. The fourth-order valence-electron chi connectivity index (χ4n) is 2.63. The van der Waals surface area contributed by atoms with E-state index < -0.39 is 12.1 Å². The Labute approximate surface area is 155 Å². The number of benzene rings is 2. The van der Waals surface area contributed by atoms with Gasteiger partial charge in [-0.2, -0.15) is 18.2 Å². The molecule has 0 saturated carbocycles. The fourth-order valence-corrected chi connectivity index (χ4v) is 2.76. The van der Waals surface area contributed by atoms with E-state index in [1.165, 1.54) is 10.6 Å². The number of nitrogens with zero attached hydrogens (tertiary/aromatic N) is 3. The minimum absolute atomic E-state index is 0.212. The van der Waals surface area contributed by atoms with Crippen molar-refractivity contribution in [3.63, 3.8) is 0 Å². The van der Waals surface area contributed by atoms with Crippen molar-refractivity contribution in [1.29, 1.82) is 0 Å². The molecule has 0 radical (unpaired) electrons. The van der Waals surface area contributed by atoms with Crippen molar-refractivity contribution in [3.8, 4) is 11.4 Å². The molecule has 9 heteroatoms. The Balaban J connectivity index is 1.76. The predicted molar refractivity (Wildman–Crippen MR) is 91.4 cm³/mol. The van der Waals surface area contributed by atoms with Gasteiger partial charge in [0.2, 0.25) is 5.82 Å². The fraction of sp³-hybridized carbons (Fsp3) is 0.0556. The zero-order valence-corrected chi connectivity index (χ0v) is 14.1. The summed E-state index contributed by atoms with van der Waals surface area (Å²) in [5, 5.41) is 4.61. The molecule has 0 fully saturated rings. The molecule has 0 spiro atoms. The lowest BCUT2D eigenvalue weighted by atomic mass is 10.1. The third-order valence-corrected chi connectivity index (χ3v) is 4.18. The first-order valence-electron chi connectivity index (χ1n) is 7.65. The van der Waals surface area contributed by atoms with E-state index in [-0.39, 0.29) is 11.7 Å². The summed E-state index contributed by atoms with van der Waals surface area (Å²) in [6, 6.07) is 12.9. The number of rotatable bonds is 2. The summed E-state index contributed by atoms with van der Waals surface area (Å²) >= 11 is 5.84. The summed E-state index contributed by atoms with van der Waals surface area (Å²) in [6.07, 6.45) is -3.14. The molecule has 0 unspecified atom stereocenters. The Kier molecular flexibility index (Phi) is 4.00. The van der Waals surface area contributed by atoms with Crippen LogP contribution in [0.1, 0.15) is 16.2 Å². The van der Waals surface area contributed by atoms with E-state index in [0.29, 0.717) is 21.7 Å². The lowest BCUT2D eigenvalue weighted by Crippen LogP contribution is -2.10. The second-order valence-electron chi connectivity index (χ2n) is 5.69. The third-order valence-electron chi connectivity index (χ3n) is 3.93. The first-order valence-corrected chi connectivity index (χ1v) is 8.03. The van der Waals surface area contributed by atoms with Crippen LogP contribution in [0.15, 0.2) is 59.3 Å². The minimum Gasteiger partial charge on any atom is -0.329 e. The standard InChI is InChI=1S/C18H9ClF3N3O2/c19-13-5-3-11(4-6-13)16(26)25-8-7-10-1-2-12(9-14(10)25)15-23-17(27-24-15)18(20,21)22/h1-9H. The SMILES string of the molecule is O=C(c1ccc(Cl)cc1)n1ccc2ccc(-c3noc(C(F)(F)F)n3)cc21. The Morgan fingerprint density at radius 3 is 2.48 bits per heavy atom. The summed E-state index contributed by atoms with van der Waals surface area (Å²) in [4.78, 5) is 16.1. The van der Waals surface area contributed by atoms with Crippen molar-refractivity contribution in [2.45, 2.75) is 6.18 Å². The molecule has 0 bridgehead atoms. The maximum atomic E-state index is 12.7. The van der Waals surface area contributed by atoms with Crippen LogP contribution in [0.25, 0.3) is 22.3 Å². The molecule has 0 aliphatic carbocycles. The first kappa shape index (κ1) is 17.3. The van der Waals surface area contributed by atoms with Gasteiger partial charge in [0.1, 0.15) is 0 Å². The van der Waals surface area contributed by atoms with Crippen LogP contribution < -0.4 is 0 Å². The topological polar surface area (TPSA) is 60.9 Å². The van der Waals surface area contributed by atoms with Crippen molar-refractivity contribution in [2.75, 3.05) is 0 Å². The van der Waals surface area contributed by atoms with E-state index in [4.69, 9.17) is 11.6 Å². The maximum Gasteiger partial charge on any atom is 0.471 e. The molecule has 5 nitrogen and oxygen atoms in total. The average molecular weight is 392 g/mol. The van der Waals surface area contributed by atoms with Gasteiger partial charge in [0.25, 0.3) is 5.91 Å². The van der Waals surface area contributed by atoms with Gasteiger partial charge in [0, 0.05) is 27.7 Å². The zero-order chi connectivity index (χ0) is 19.2. The highest BCUT2D eigenvalue weighted by Crippen LogP contribution is 2.30. The number of alkyl halides is 3. The summed E-state index contributed by atoms with van der Waals surface area (Å²) < 4.78 is 43.6. The molecule has 0 saturated heterocycles. The molecular formula is C18H9ClF3N3O2. The number of halogens is 4. The molecule has 0 amide bonds. The molecule has 0 atom stereocenters. The van der Waals surface area contributed by atoms with Crippen LogP contribution in [0, 0.1) is 0 Å². The van der Waals surface area contributed by atoms with Crippen LogP contribution in [0.3, 0.4) is 0 Å². The largest absolute Gasteiger partial charge is 0.471 e. The number of aromatic nitrogens is 3.